The predicted molar refractivity (Wildman–Crippen MR) is 110 cm³/mol. The quantitative estimate of drug-likeness (QED) is 0.500. The molecule has 0 aliphatic heterocycles. The van der Waals surface area contributed by atoms with Gasteiger partial charge in [-0.3, -0.25) is 4.79 Å². The molecule has 0 saturated heterocycles. The fourth-order valence-corrected chi connectivity index (χ4v) is 3.97. The third kappa shape index (κ3) is 6.85. The number of benzene rings is 2. The summed E-state index contributed by atoms with van der Waals surface area (Å²) in [6.45, 7) is 6.67. The Bertz CT molecular complexity index is 662. The average Bonchev–Trinajstić information content (AvgIpc) is 2.63. The van der Waals surface area contributed by atoms with Crippen molar-refractivity contribution < 1.29 is 9.90 Å². The summed E-state index contributed by atoms with van der Waals surface area (Å²) >= 11 is 1.84. The van der Waals surface area contributed by atoms with E-state index in [0.29, 0.717) is 6.42 Å². The zero-order valence-electron chi connectivity index (χ0n) is 15.8. The monoisotopic (exact) mass is 371 g/mol. The van der Waals surface area contributed by atoms with Crippen molar-refractivity contribution in [2.75, 3.05) is 13.1 Å². The van der Waals surface area contributed by atoms with E-state index in [9.17, 15) is 4.79 Å². The van der Waals surface area contributed by atoms with Gasteiger partial charge in [-0.15, -0.1) is 0 Å². The standard InChI is InChI=1S/C22H29NO2S/c1-3-16-23(17-4-2)26-21-14-12-20(13-15-21)19-10-8-18(9-11-19)6-5-7-22(24)25/h8-15H,3-7,16-17H2,1-2H3,(H,24,25). The van der Waals surface area contributed by atoms with Crippen LogP contribution >= 0.6 is 11.9 Å². The summed E-state index contributed by atoms with van der Waals surface area (Å²) < 4.78 is 2.43. The second-order valence-electron chi connectivity index (χ2n) is 6.49. The molecular formula is C22H29NO2S. The van der Waals surface area contributed by atoms with Crippen LogP contribution in [-0.2, 0) is 11.2 Å². The highest BCUT2D eigenvalue weighted by molar-refractivity contribution is 7.97. The molecule has 4 heteroatoms. The molecule has 2 aromatic carbocycles. The topological polar surface area (TPSA) is 40.5 Å². The molecule has 3 nitrogen and oxygen atoms in total. The van der Waals surface area contributed by atoms with Gasteiger partial charge in [-0.1, -0.05) is 50.2 Å². The summed E-state index contributed by atoms with van der Waals surface area (Å²) in [6, 6.07) is 17.2. The molecule has 0 atom stereocenters. The molecule has 0 radical (unpaired) electrons. The largest absolute Gasteiger partial charge is 0.481 e. The molecular weight excluding hydrogens is 342 g/mol. The first-order valence-corrected chi connectivity index (χ1v) is 10.2. The molecule has 1 N–H and O–H groups in total. The van der Waals surface area contributed by atoms with Gasteiger partial charge in [-0.2, -0.15) is 0 Å². The van der Waals surface area contributed by atoms with Crippen molar-refractivity contribution in [2.24, 2.45) is 0 Å². The number of carbonyl (C=O) groups is 1. The molecule has 0 aromatic heterocycles. The van der Waals surface area contributed by atoms with Crippen molar-refractivity contribution in [1.82, 2.24) is 4.31 Å². The van der Waals surface area contributed by atoms with Crippen molar-refractivity contribution in [2.45, 2.75) is 50.8 Å². The van der Waals surface area contributed by atoms with E-state index in [0.717, 1.165) is 19.5 Å². The first kappa shape index (κ1) is 20.5. The minimum absolute atomic E-state index is 0.230. The van der Waals surface area contributed by atoms with Crippen molar-refractivity contribution in [1.29, 1.82) is 0 Å². The first-order valence-electron chi connectivity index (χ1n) is 9.46. The molecule has 0 fully saturated rings. The van der Waals surface area contributed by atoms with Gasteiger partial charge in [0.25, 0.3) is 0 Å². The molecule has 2 aromatic rings. The number of carboxylic acid groups (broad SMARTS) is 1. The minimum atomic E-state index is -0.726. The van der Waals surface area contributed by atoms with Crippen LogP contribution in [-0.4, -0.2) is 28.5 Å². The SMILES string of the molecule is CCCN(CCC)Sc1ccc(-c2ccc(CCCC(=O)O)cc2)cc1. The van der Waals surface area contributed by atoms with Crippen LogP contribution < -0.4 is 0 Å². The number of nitrogens with zero attached hydrogens (tertiary/aromatic N) is 1. The van der Waals surface area contributed by atoms with Crippen LogP contribution in [0.3, 0.4) is 0 Å². The highest BCUT2D eigenvalue weighted by Crippen LogP contribution is 2.27. The van der Waals surface area contributed by atoms with Gasteiger partial charge in [0.2, 0.25) is 0 Å². The predicted octanol–water partition coefficient (Wildman–Crippen LogP) is 5.89. The van der Waals surface area contributed by atoms with Crippen molar-refractivity contribution >= 4 is 17.9 Å². The summed E-state index contributed by atoms with van der Waals surface area (Å²) in [5, 5.41) is 8.72. The zero-order valence-corrected chi connectivity index (χ0v) is 16.6. The van der Waals surface area contributed by atoms with Gasteiger partial charge in [0.15, 0.2) is 0 Å². The summed E-state index contributed by atoms with van der Waals surface area (Å²) in [5.74, 6) is -0.726. The van der Waals surface area contributed by atoms with Gasteiger partial charge in [0, 0.05) is 24.4 Å². The number of rotatable bonds is 11. The molecule has 0 heterocycles. The maximum absolute atomic E-state index is 10.6. The summed E-state index contributed by atoms with van der Waals surface area (Å²) in [5.41, 5.74) is 3.60. The third-order valence-electron chi connectivity index (χ3n) is 4.18. The van der Waals surface area contributed by atoms with Crippen LogP contribution in [0.2, 0.25) is 0 Å². The van der Waals surface area contributed by atoms with E-state index in [1.54, 1.807) is 0 Å². The Morgan fingerprint density at radius 2 is 1.46 bits per heavy atom. The van der Waals surface area contributed by atoms with Crippen molar-refractivity contribution in [3.63, 3.8) is 0 Å². The lowest BCUT2D eigenvalue weighted by Crippen LogP contribution is -2.17. The van der Waals surface area contributed by atoms with Crippen LogP contribution in [0.4, 0.5) is 0 Å². The van der Waals surface area contributed by atoms with E-state index >= 15 is 0 Å². The van der Waals surface area contributed by atoms with Crippen LogP contribution in [0.25, 0.3) is 11.1 Å². The number of aryl methyl sites for hydroxylation is 1. The molecule has 0 bridgehead atoms. The normalized spacial score (nSPS) is 11.0. The number of hydrogen-bond acceptors (Lipinski definition) is 3. The Morgan fingerprint density at radius 1 is 0.923 bits per heavy atom. The lowest BCUT2D eigenvalue weighted by atomic mass is 10.0. The lowest BCUT2D eigenvalue weighted by molar-refractivity contribution is -0.137. The van der Waals surface area contributed by atoms with Gasteiger partial charge in [0.05, 0.1) is 0 Å². The molecule has 0 amide bonds. The van der Waals surface area contributed by atoms with Gasteiger partial charge >= 0.3 is 5.97 Å². The second-order valence-corrected chi connectivity index (χ2v) is 7.66. The molecule has 2 rings (SSSR count). The number of aliphatic carboxylic acids is 1. The maximum atomic E-state index is 10.6. The van der Waals surface area contributed by atoms with Crippen molar-refractivity contribution in [3.8, 4) is 11.1 Å². The molecule has 0 aliphatic rings. The highest BCUT2D eigenvalue weighted by Gasteiger charge is 2.06. The Balaban J connectivity index is 1.95. The maximum Gasteiger partial charge on any atom is 0.303 e. The van der Waals surface area contributed by atoms with E-state index in [1.165, 1.54) is 34.4 Å². The smallest absolute Gasteiger partial charge is 0.303 e. The Hall–Kier alpha value is -1.78. The van der Waals surface area contributed by atoms with E-state index in [1.807, 2.05) is 11.9 Å². The molecule has 26 heavy (non-hydrogen) atoms. The van der Waals surface area contributed by atoms with Crippen LogP contribution in [0.15, 0.2) is 53.4 Å². The highest BCUT2D eigenvalue weighted by atomic mass is 32.2. The number of hydrogen-bond donors (Lipinski definition) is 1. The van der Waals surface area contributed by atoms with E-state index in [-0.39, 0.29) is 6.42 Å². The molecule has 0 unspecified atom stereocenters. The van der Waals surface area contributed by atoms with E-state index < -0.39 is 5.97 Å². The molecule has 0 aliphatic carbocycles. The first-order chi connectivity index (χ1) is 12.6. The minimum Gasteiger partial charge on any atom is -0.481 e. The summed E-state index contributed by atoms with van der Waals surface area (Å²) in [7, 11) is 0. The fourth-order valence-electron chi connectivity index (χ4n) is 2.87. The Labute approximate surface area is 161 Å². The molecule has 0 spiro atoms. The van der Waals surface area contributed by atoms with Gasteiger partial charge in [0.1, 0.15) is 0 Å². The lowest BCUT2D eigenvalue weighted by Gasteiger charge is -2.19. The van der Waals surface area contributed by atoms with Gasteiger partial charge in [-0.25, -0.2) is 4.31 Å². The Morgan fingerprint density at radius 3 is 1.96 bits per heavy atom. The zero-order chi connectivity index (χ0) is 18.8. The van der Waals surface area contributed by atoms with Crippen LogP contribution in [0.5, 0.6) is 0 Å². The number of carboxylic acids is 1. The third-order valence-corrected chi connectivity index (χ3v) is 5.28. The summed E-state index contributed by atoms with van der Waals surface area (Å²) in [6.07, 6.45) is 4.07. The van der Waals surface area contributed by atoms with Gasteiger partial charge in [-0.05, 0) is 66.5 Å². The fraction of sp³-hybridized carbons (Fsp3) is 0.409. The molecule has 140 valence electrons. The molecule has 0 saturated carbocycles. The second kappa shape index (κ2) is 11.0. The van der Waals surface area contributed by atoms with Crippen LogP contribution in [0.1, 0.15) is 45.1 Å². The Kier molecular flexibility index (Phi) is 8.72. The summed E-state index contributed by atoms with van der Waals surface area (Å²) in [4.78, 5) is 11.9. The van der Waals surface area contributed by atoms with Crippen LogP contribution in [0, 0.1) is 0 Å². The average molecular weight is 372 g/mol. The van der Waals surface area contributed by atoms with Gasteiger partial charge < -0.3 is 5.11 Å². The van der Waals surface area contributed by atoms with Crippen molar-refractivity contribution in [3.05, 3.63) is 54.1 Å². The van der Waals surface area contributed by atoms with E-state index in [4.69, 9.17) is 5.11 Å². The van der Waals surface area contributed by atoms with E-state index in [2.05, 4.69) is 66.7 Å².